The molecule has 0 aliphatic heterocycles. The lowest BCUT2D eigenvalue weighted by Gasteiger charge is -2.35. The van der Waals surface area contributed by atoms with Gasteiger partial charge in [-0.2, -0.15) is 0 Å². The molecule has 0 saturated heterocycles. The number of rotatable bonds is 10. The fraction of sp³-hybridized carbons (Fsp3) is 0.889. The van der Waals surface area contributed by atoms with Crippen LogP contribution in [0.1, 0.15) is 26.7 Å². The highest BCUT2D eigenvalue weighted by atomic mass is 32.2. The molecule has 0 aliphatic rings. The van der Waals surface area contributed by atoms with Gasteiger partial charge < -0.3 is 37.4 Å². The van der Waals surface area contributed by atoms with Crippen LogP contribution < -0.4 is 14.7 Å². The third kappa shape index (κ3) is 10.2. The molecule has 0 aromatic heterocycles. The van der Waals surface area contributed by atoms with Crippen molar-refractivity contribution in [3.63, 3.8) is 0 Å². The van der Waals surface area contributed by atoms with Gasteiger partial charge in [-0.3, -0.25) is 4.79 Å². The van der Waals surface area contributed by atoms with E-state index < -0.39 is 55.4 Å². The summed E-state index contributed by atoms with van der Waals surface area (Å²) < 4.78 is 61.8. The first-order valence-corrected chi connectivity index (χ1v) is 11.0. The minimum atomic E-state index is -5.73. The van der Waals surface area contributed by atoms with Gasteiger partial charge in [0.2, 0.25) is 0 Å². The van der Waals surface area contributed by atoms with Crippen LogP contribution in [0.15, 0.2) is 0 Å². The molecule has 3 unspecified atom stereocenters. The molecule has 23 heavy (non-hydrogen) atoms. The first-order chi connectivity index (χ1) is 10.2. The van der Waals surface area contributed by atoms with Crippen LogP contribution in [0.2, 0.25) is 0 Å². The van der Waals surface area contributed by atoms with Crippen LogP contribution in [0, 0.1) is 5.92 Å². The molecule has 0 heterocycles. The van der Waals surface area contributed by atoms with E-state index in [1.54, 1.807) is 0 Å². The monoisotopic (exact) mass is 394 g/mol. The Bertz CT molecular complexity index is 595. The molecule has 0 amide bonds. The molecule has 0 aliphatic carbocycles. The van der Waals surface area contributed by atoms with Crippen molar-refractivity contribution in [1.29, 1.82) is 0 Å². The van der Waals surface area contributed by atoms with E-state index in [1.165, 1.54) is 13.8 Å². The van der Waals surface area contributed by atoms with Crippen LogP contribution >= 0.6 is 15.4 Å². The molecule has 14 heteroatoms. The first-order valence-electron chi connectivity index (χ1n) is 6.32. The number of esters is 1. The van der Waals surface area contributed by atoms with E-state index in [1.807, 2.05) is 0 Å². The lowest BCUT2D eigenvalue weighted by molar-refractivity contribution is -0.337. The van der Waals surface area contributed by atoms with Crippen molar-refractivity contribution >= 4 is 31.5 Å². The van der Waals surface area contributed by atoms with Gasteiger partial charge in [-0.25, -0.2) is 8.42 Å². The summed E-state index contributed by atoms with van der Waals surface area (Å²) in [5.41, 5.74) is 0. The van der Waals surface area contributed by atoms with Gasteiger partial charge in [-0.1, -0.05) is 13.8 Å². The molecule has 3 atom stereocenters. The molecule has 138 valence electrons. The molecule has 0 N–H and O–H groups in total. The molecule has 0 aromatic rings. The number of hydrogen-bond donors (Lipinski definition) is 0. The van der Waals surface area contributed by atoms with Gasteiger partial charge in [0.15, 0.2) is 0 Å². The molecule has 0 bridgehead atoms. The van der Waals surface area contributed by atoms with Gasteiger partial charge in [-0.05, 0) is 12.8 Å². The van der Waals surface area contributed by atoms with E-state index in [0.717, 1.165) is 0 Å². The predicted octanol–water partition coefficient (Wildman–Crippen LogP) is -1.72. The quantitative estimate of drug-likeness (QED) is 0.232. The van der Waals surface area contributed by atoms with Crippen LogP contribution in [0.4, 0.5) is 0 Å². The largest absolute Gasteiger partial charge is 0.790 e. The molecular weight excluding hydrogens is 378 g/mol. The van der Waals surface area contributed by atoms with Crippen molar-refractivity contribution in [1.82, 2.24) is 0 Å². The van der Waals surface area contributed by atoms with E-state index in [0.29, 0.717) is 0 Å². The molecule has 0 fully saturated rings. The standard InChI is InChI=1S/C9H20O11P2S/c1-3-8(23(16,17)18)6-7(2)9(10)19-4-5-21(11,12)20-22(13,14)15/h7-8H,3-6H2,1-2H3,(H,11,12)(H2,13,14,15)(H,16,17,18)/p-4. The Labute approximate surface area is 133 Å². The maximum Gasteiger partial charge on any atom is 0.308 e. The Morgan fingerprint density at radius 1 is 1.22 bits per heavy atom. The molecule has 11 nitrogen and oxygen atoms in total. The Morgan fingerprint density at radius 3 is 2.13 bits per heavy atom. The Balaban J connectivity index is 4.45. The van der Waals surface area contributed by atoms with E-state index >= 15 is 0 Å². The van der Waals surface area contributed by atoms with Gasteiger partial charge in [0, 0.05) is 6.16 Å². The molecule has 0 radical (unpaired) electrons. The van der Waals surface area contributed by atoms with Gasteiger partial charge >= 0.3 is 5.97 Å². The summed E-state index contributed by atoms with van der Waals surface area (Å²) in [6.07, 6.45) is -1.35. The van der Waals surface area contributed by atoms with E-state index in [9.17, 15) is 41.6 Å². The van der Waals surface area contributed by atoms with Crippen LogP contribution in [0.25, 0.3) is 0 Å². The zero-order valence-electron chi connectivity index (χ0n) is 12.3. The highest BCUT2D eigenvalue weighted by Gasteiger charge is 2.23. The topological polar surface area (TPSA) is 196 Å². The fourth-order valence-corrected chi connectivity index (χ4v) is 4.37. The maximum absolute atomic E-state index is 11.6. The van der Waals surface area contributed by atoms with Gasteiger partial charge in [0.25, 0.3) is 0 Å². The fourth-order valence-electron chi connectivity index (χ4n) is 1.57. The minimum absolute atomic E-state index is 0.00462. The van der Waals surface area contributed by atoms with E-state index in [4.69, 9.17) is 0 Å². The average Bonchev–Trinajstić information content (AvgIpc) is 2.30. The smallest absolute Gasteiger partial charge is 0.308 e. The number of carbonyl (C=O) groups is 1. The van der Waals surface area contributed by atoms with Crippen molar-refractivity contribution in [2.75, 3.05) is 12.8 Å². The highest BCUT2D eigenvalue weighted by Crippen LogP contribution is 2.49. The molecule has 0 rings (SSSR count). The SMILES string of the molecule is CCC(CC(C)C(=O)OCCP(=O)([O-])OP(=O)([O-])[O-])S(=O)(=O)[O-]. The van der Waals surface area contributed by atoms with E-state index in [-0.39, 0.29) is 12.8 Å². The Morgan fingerprint density at radius 2 is 1.74 bits per heavy atom. The number of carbonyl (C=O) groups excluding carboxylic acids is 1. The number of hydrogen-bond acceptors (Lipinski definition) is 11. The second-order valence-electron chi connectivity index (χ2n) is 4.69. The van der Waals surface area contributed by atoms with Gasteiger partial charge in [0.1, 0.15) is 7.60 Å². The Hall–Kier alpha value is -0.320. The van der Waals surface area contributed by atoms with Crippen molar-refractivity contribution in [2.45, 2.75) is 31.9 Å². The Kier molecular flexibility index (Phi) is 8.56. The summed E-state index contributed by atoms with van der Waals surface area (Å²) in [5, 5.41) is -1.29. The lowest BCUT2D eigenvalue weighted by Crippen LogP contribution is -2.27. The molecular formula is C9H16O11P2S-4. The second kappa shape index (κ2) is 8.68. The van der Waals surface area contributed by atoms with Crippen molar-refractivity contribution in [3.8, 4) is 0 Å². The summed E-state index contributed by atoms with van der Waals surface area (Å²) in [4.78, 5) is 43.0. The van der Waals surface area contributed by atoms with E-state index in [2.05, 4.69) is 9.05 Å². The summed E-state index contributed by atoms with van der Waals surface area (Å²) >= 11 is 0. The highest BCUT2D eigenvalue weighted by molar-refractivity contribution is 7.86. The maximum atomic E-state index is 11.6. The van der Waals surface area contributed by atoms with Crippen LogP contribution in [0.3, 0.4) is 0 Å². The van der Waals surface area contributed by atoms with Gasteiger partial charge in [0.05, 0.1) is 35.7 Å². The summed E-state index contributed by atoms with van der Waals surface area (Å²) in [7, 11) is -15.3. The first kappa shape index (κ1) is 22.7. The molecule has 0 spiro atoms. The lowest BCUT2D eigenvalue weighted by atomic mass is 10.0. The van der Waals surface area contributed by atoms with Crippen molar-refractivity contribution in [2.24, 2.45) is 5.92 Å². The third-order valence-electron chi connectivity index (χ3n) is 2.72. The minimum Gasteiger partial charge on any atom is -0.790 e. The zero-order valence-corrected chi connectivity index (χ0v) is 14.9. The normalized spacial score (nSPS) is 18.0. The summed E-state index contributed by atoms with van der Waals surface area (Å²) in [6.45, 7) is 1.95. The van der Waals surface area contributed by atoms with Crippen LogP contribution in [-0.4, -0.2) is 37.0 Å². The summed E-state index contributed by atoms with van der Waals surface area (Å²) in [6, 6.07) is 0. The predicted molar refractivity (Wildman–Crippen MR) is 69.7 cm³/mol. The molecule has 0 saturated carbocycles. The number of ether oxygens (including phenoxy) is 1. The van der Waals surface area contributed by atoms with Gasteiger partial charge in [-0.15, -0.1) is 0 Å². The third-order valence-corrected chi connectivity index (χ3v) is 6.58. The zero-order chi connectivity index (χ0) is 18.5. The summed E-state index contributed by atoms with van der Waals surface area (Å²) in [5.74, 6) is -1.97. The van der Waals surface area contributed by atoms with Crippen LogP contribution in [-0.2, 0) is 33.1 Å². The van der Waals surface area contributed by atoms with Crippen LogP contribution in [0.5, 0.6) is 0 Å². The molecule has 0 aromatic carbocycles. The van der Waals surface area contributed by atoms with Crippen molar-refractivity contribution < 1.29 is 50.6 Å². The second-order valence-corrected chi connectivity index (χ2v) is 9.56. The number of phosphoric acid groups is 1. The van der Waals surface area contributed by atoms with Crippen molar-refractivity contribution in [3.05, 3.63) is 0 Å². The average molecular weight is 394 g/mol.